The van der Waals surface area contributed by atoms with Gasteiger partial charge in [0.15, 0.2) is 5.78 Å². The maximum absolute atomic E-state index is 13.0. The van der Waals surface area contributed by atoms with Gasteiger partial charge >= 0.3 is 0 Å². The summed E-state index contributed by atoms with van der Waals surface area (Å²) in [5, 5.41) is 0.272. The minimum atomic E-state index is -0.823. The Labute approximate surface area is 112 Å². The van der Waals surface area contributed by atoms with Gasteiger partial charge in [0.2, 0.25) is 0 Å². The molecule has 0 amide bonds. The molecule has 0 aliphatic carbocycles. The summed E-state index contributed by atoms with van der Waals surface area (Å²) in [6, 6.07) is 7.09. The first kappa shape index (κ1) is 13.0. The molecule has 0 fully saturated rings. The van der Waals surface area contributed by atoms with Crippen molar-refractivity contribution in [1.82, 2.24) is 0 Å². The molecule has 0 N–H and O–H groups in total. The van der Waals surface area contributed by atoms with Gasteiger partial charge in [-0.2, -0.15) is 0 Å². The monoisotopic (exact) mass is 286 g/mol. The van der Waals surface area contributed by atoms with Gasteiger partial charge in [0.25, 0.3) is 0 Å². The largest absolute Gasteiger partial charge is 0.289 e. The molecule has 0 unspecified atom stereocenters. The lowest BCUT2D eigenvalue weighted by atomic mass is 10.0. The zero-order chi connectivity index (χ0) is 13.3. The predicted molar refractivity (Wildman–Crippen MR) is 66.3 cm³/mol. The molecule has 0 radical (unpaired) electrons. The van der Waals surface area contributed by atoms with E-state index in [4.69, 9.17) is 23.2 Å². The second kappa shape index (κ2) is 5.04. The van der Waals surface area contributed by atoms with Crippen molar-refractivity contribution in [3.8, 4) is 0 Å². The molecule has 0 saturated heterocycles. The molecule has 0 atom stereocenters. The summed E-state index contributed by atoms with van der Waals surface area (Å²) in [6.07, 6.45) is 0. The van der Waals surface area contributed by atoms with E-state index in [0.717, 1.165) is 12.1 Å². The van der Waals surface area contributed by atoms with Gasteiger partial charge in [-0.3, -0.25) is 4.79 Å². The summed E-state index contributed by atoms with van der Waals surface area (Å²) < 4.78 is 26.1. The zero-order valence-corrected chi connectivity index (χ0v) is 10.4. The quantitative estimate of drug-likeness (QED) is 0.743. The number of rotatable bonds is 2. The molecule has 2 aromatic rings. The summed E-state index contributed by atoms with van der Waals surface area (Å²) in [6.45, 7) is 0. The zero-order valence-electron chi connectivity index (χ0n) is 8.88. The van der Waals surface area contributed by atoms with Crippen LogP contribution in [0.25, 0.3) is 0 Å². The molecule has 0 heterocycles. The highest BCUT2D eigenvalue weighted by molar-refractivity contribution is 6.44. The highest BCUT2D eigenvalue weighted by atomic mass is 35.5. The van der Waals surface area contributed by atoms with Crippen molar-refractivity contribution < 1.29 is 13.6 Å². The topological polar surface area (TPSA) is 17.1 Å². The number of carbonyl (C=O) groups excluding carboxylic acids is 1. The molecule has 5 heteroatoms. The maximum Gasteiger partial charge on any atom is 0.194 e. The Kier molecular flexibility index (Phi) is 3.64. The molecule has 92 valence electrons. The van der Waals surface area contributed by atoms with E-state index in [1.165, 1.54) is 18.2 Å². The van der Waals surface area contributed by atoms with E-state index in [0.29, 0.717) is 6.07 Å². The third-order valence-corrected chi connectivity index (χ3v) is 3.14. The second-order valence-electron chi connectivity index (χ2n) is 3.59. The van der Waals surface area contributed by atoms with Crippen molar-refractivity contribution in [1.29, 1.82) is 0 Å². The van der Waals surface area contributed by atoms with Crippen molar-refractivity contribution >= 4 is 29.0 Å². The first-order valence-electron chi connectivity index (χ1n) is 4.94. The first-order chi connectivity index (χ1) is 8.49. The number of ketones is 1. The normalized spacial score (nSPS) is 10.4. The minimum Gasteiger partial charge on any atom is -0.289 e. The van der Waals surface area contributed by atoms with Crippen LogP contribution in [0, 0.1) is 11.6 Å². The number of hydrogen-bond donors (Lipinski definition) is 0. The molecule has 18 heavy (non-hydrogen) atoms. The van der Waals surface area contributed by atoms with Crippen LogP contribution in [0.15, 0.2) is 36.4 Å². The van der Waals surface area contributed by atoms with Crippen LogP contribution in [-0.4, -0.2) is 5.78 Å². The van der Waals surface area contributed by atoms with Crippen LogP contribution < -0.4 is 0 Å². The van der Waals surface area contributed by atoms with Crippen molar-refractivity contribution in [2.45, 2.75) is 0 Å². The average molecular weight is 287 g/mol. The second-order valence-corrected chi connectivity index (χ2v) is 4.37. The summed E-state index contributed by atoms with van der Waals surface area (Å²) in [4.78, 5) is 12.0. The Hall–Kier alpha value is -1.45. The lowest BCUT2D eigenvalue weighted by Crippen LogP contribution is -2.03. The number of benzene rings is 2. The molecule has 0 saturated carbocycles. The average Bonchev–Trinajstić information content (AvgIpc) is 2.30. The van der Waals surface area contributed by atoms with E-state index in [1.807, 2.05) is 0 Å². The molecule has 0 spiro atoms. The van der Waals surface area contributed by atoms with Crippen molar-refractivity contribution in [3.05, 3.63) is 69.2 Å². The van der Waals surface area contributed by atoms with Crippen LogP contribution in [0.1, 0.15) is 15.9 Å². The predicted octanol–water partition coefficient (Wildman–Crippen LogP) is 4.50. The molecular formula is C13H6Cl2F2O. The summed E-state index contributed by atoms with van der Waals surface area (Å²) in [5.41, 5.74) is -0.00849. The van der Waals surface area contributed by atoms with Gasteiger partial charge < -0.3 is 0 Å². The molecule has 0 aliphatic rings. The Bertz CT molecular complexity index is 606. The SMILES string of the molecule is O=C(c1cc(F)cc(F)c1)c1cccc(Cl)c1Cl. The highest BCUT2D eigenvalue weighted by Gasteiger charge is 2.16. The lowest BCUT2D eigenvalue weighted by Gasteiger charge is -2.05. The molecular weight excluding hydrogens is 281 g/mol. The molecule has 0 bridgehead atoms. The van der Waals surface area contributed by atoms with Gasteiger partial charge in [-0.15, -0.1) is 0 Å². The minimum absolute atomic E-state index is 0.0637. The summed E-state index contributed by atoms with van der Waals surface area (Å²) in [5.74, 6) is -2.23. The van der Waals surface area contributed by atoms with E-state index < -0.39 is 17.4 Å². The summed E-state index contributed by atoms with van der Waals surface area (Å²) in [7, 11) is 0. The lowest BCUT2D eigenvalue weighted by molar-refractivity contribution is 0.103. The third-order valence-electron chi connectivity index (χ3n) is 2.32. The van der Waals surface area contributed by atoms with Crippen LogP contribution in [0.5, 0.6) is 0 Å². The van der Waals surface area contributed by atoms with Crippen LogP contribution >= 0.6 is 23.2 Å². The van der Waals surface area contributed by atoms with Crippen LogP contribution in [0.4, 0.5) is 8.78 Å². The number of hydrogen-bond acceptors (Lipinski definition) is 1. The third kappa shape index (κ3) is 2.52. The molecule has 0 aromatic heterocycles. The molecule has 2 aromatic carbocycles. The van der Waals surface area contributed by atoms with Crippen molar-refractivity contribution in [2.75, 3.05) is 0 Å². The Morgan fingerprint density at radius 2 is 1.61 bits per heavy atom. The fourth-order valence-corrected chi connectivity index (χ4v) is 1.91. The van der Waals surface area contributed by atoms with Crippen LogP contribution in [-0.2, 0) is 0 Å². The van der Waals surface area contributed by atoms with E-state index in [-0.39, 0.29) is 21.2 Å². The van der Waals surface area contributed by atoms with Crippen LogP contribution in [0.2, 0.25) is 10.0 Å². The van der Waals surface area contributed by atoms with Gasteiger partial charge in [-0.05, 0) is 24.3 Å². The van der Waals surface area contributed by atoms with E-state index in [2.05, 4.69) is 0 Å². The Morgan fingerprint density at radius 1 is 1.00 bits per heavy atom. The van der Waals surface area contributed by atoms with Gasteiger partial charge in [-0.25, -0.2) is 8.78 Å². The van der Waals surface area contributed by atoms with Crippen molar-refractivity contribution in [2.24, 2.45) is 0 Å². The van der Waals surface area contributed by atoms with Gasteiger partial charge in [0, 0.05) is 17.2 Å². The maximum atomic E-state index is 13.0. The molecule has 1 nitrogen and oxygen atoms in total. The Balaban J connectivity index is 2.51. The fraction of sp³-hybridized carbons (Fsp3) is 0. The Morgan fingerprint density at radius 3 is 2.22 bits per heavy atom. The van der Waals surface area contributed by atoms with E-state index >= 15 is 0 Å². The first-order valence-corrected chi connectivity index (χ1v) is 5.69. The van der Waals surface area contributed by atoms with E-state index in [1.54, 1.807) is 0 Å². The van der Waals surface area contributed by atoms with Crippen LogP contribution in [0.3, 0.4) is 0 Å². The fourth-order valence-electron chi connectivity index (χ4n) is 1.52. The van der Waals surface area contributed by atoms with Gasteiger partial charge in [0.05, 0.1) is 10.0 Å². The highest BCUT2D eigenvalue weighted by Crippen LogP contribution is 2.27. The standard InChI is InChI=1S/C13H6Cl2F2O/c14-11-3-1-2-10(12(11)15)13(18)7-4-8(16)6-9(17)5-7/h1-6H. The number of carbonyl (C=O) groups is 1. The molecule has 0 aliphatic heterocycles. The van der Waals surface area contributed by atoms with Gasteiger partial charge in [-0.1, -0.05) is 29.3 Å². The van der Waals surface area contributed by atoms with Gasteiger partial charge in [0.1, 0.15) is 11.6 Å². The number of halogens is 4. The van der Waals surface area contributed by atoms with E-state index in [9.17, 15) is 13.6 Å². The smallest absolute Gasteiger partial charge is 0.194 e. The summed E-state index contributed by atoms with van der Waals surface area (Å²) >= 11 is 11.7. The molecule has 2 rings (SSSR count). The van der Waals surface area contributed by atoms with Crippen molar-refractivity contribution in [3.63, 3.8) is 0 Å².